The van der Waals surface area contributed by atoms with Gasteiger partial charge in [0, 0.05) is 23.8 Å². The third-order valence-electron chi connectivity index (χ3n) is 5.82. The largest absolute Gasteiger partial charge is 0.341 e. The summed E-state index contributed by atoms with van der Waals surface area (Å²) in [6.45, 7) is 4.01. The first kappa shape index (κ1) is 20.0. The second-order valence-corrected chi connectivity index (χ2v) is 8.11. The zero-order valence-electron chi connectivity index (χ0n) is 15.9. The van der Waals surface area contributed by atoms with Crippen molar-refractivity contribution in [3.63, 3.8) is 0 Å². The molecule has 0 aromatic heterocycles. The number of halogens is 1. The van der Waals surface area contributed by atoms with Crippen molar-refractivity contribution in [3.8, 4) is 0 Å². The minimum Gasteiger partial charge on any atom is -0.341 e. The van der Waals surface area contributed by atoms with Crippen LogP contribution in [0, 0.1) is 11.8 Å². The minimum absolute atomic E-state index is 0.0110. The Bertz CT molecular complexity index is 636. The number of nitrogens with one attached hydrogen (secondary N) is 2. The molecule has 0 aliphatic carbocycles. The van der Waals surface area contributed by atoms with Crippen LogP contribution in [0.1, 0.15) is 25.7 Å². The molecule has 2 N–H and O–H groups in total. The van der Waals surface area contributed by atoms with Crippen LogP contribution < -0.4 is 10.6 Å². The molecule has 2 heterocycles. The van der Waals surface area contributed by atoms with Crippen molar-refractivity contribution in [2.75, 3.05) is 45.1 Å². The van der Waals surface area contributed by atoms with Crippen LogP contribution in [0.15, 0.2) is 24.3 Å². The normalized spacial score (nSPS) is 19.7. The number of piperidine rings is 2. The van der Waals surface area contributed by atoms with E-state index in [-0.39, 0.29) is 18.5 Å². The summed E-state index contributed by atoms with van der Waals surface area (Å²) in [5.41, 5.74) is 0.642. The molecule has 7 heteroatoms. The van der Waals surface area contributed by atoms with Crippen LogP contribution in [0.5, 0.6) is 0 Å². The van der Waals surface area contributed by atoms with Gasteiger partial charge in [-0.15, -0.1) is 0 Å². The van der Waals surface area contributed by atoms with Gasteiger partial charge >= 0.3 is 6.03 Å². The van der Waals surface area contributed by atoms with Gasteiger partial charge in [0.1, 0.15) is 0 Å². The number of nitrogens with zero attached hydrogens (tertiary/aromatic N) is 2. The van der Waals surface area contributed by atoms with Gasteiger partial charge in [-0.25, -0.2) is 4.79 Å². The molecule has 1 aromatic carbocycles. The van der Waals surface area contributed by atoms with Gasteiger partial charge in [0.2, 0.25) is 5.91 Å². The topological polar surface area (TPSA) is 64.7 Å². The molecule has 2 aliphatic rings. The van der Waals surface area contributed by atoms with Gasteiger partial charge < -0.3 is 20.4 Å². The predicted octanol–water partition coefficient (Wildman–Crippen LogP) is 3.04. The molecule has 0 bridgehead atoms. The monoisotopic (exact) mass is 392 g/mol. The highest BCUT2D eigenvalue weighted by Gasteiger charge is 2.30. The smallest absolute Gasteiger partial charge is 0.319 e. The van der Waals surface area contributed by atoms with Gasteiger partial charge in [0.15, 0.2) is 0 Å². The Balaban J connectivity index is 1.36. The molecule has 0 radical (unpaired) electrons. The van der Waals surface area contributed by atoms with Crippen molar-refractivity contribution in [1.82, 2.24) is 15.1 Å². The Morgan fingerprint density at radius 1 is 1.00 bits per heavy atom. The molecule has 1 aromatic rings. The predicted molar refractivity (Wildman–Crippen MR) is 108 cm³/mol. The number of likely N-dealkylation sites (tertiary alicyclic amines) is 2. The molecule has 0 saturated carbocycles. The van der Waals surface area contributed by atoms with E-state index in [1.165, 1.54) is 25.9 Å². The Hall–Kier alpha value is -1.79. The van der Waals surface area contributed by atoms with Gasteiger partial charge in [0.25, 0.3) is 0 Å². The highest BCUT2D eigenvalue weighted by atomic mass is 35.5. The molecule has 3 rings (SSSR count). The Morgan fingerprint density at radius 2 is 1.56 bits per heavy atom. The van der Waals surface area contributed by atoms with Gasteiger partial charge in [0.05, 0.1) is 6.54 Å². The number of carbonyl (C=O) groups is 2. The number of urea groups is 1. The van der Waals surface area contributed by atoms with Crippen LogP contribution in [-0.4, -0.2) is 61.5 Å². The molecule has 3 amide bonds. The summed E-state index contributed by atoms with van der Waals surface area (Å²) < 4.78 is 0. The van der Waals surface area contributed by atoms with E-state index in [1.54, 1.807) is 24.3 Å². The molecule has 0 spiro atoms. The summed E-state index contributed by atoms with van der Waals surface area (Å²) in [4.78, 5) is 28.6. The average Bonchev–Trinajstić information content (AvgIpc) is 2.69. The molecule has 6 nitrogen and oxygen atoms in total. The Kier molecular flexibility index (Phi) is 6.96. The third kappa shape index (κ3) is 5.84. The van der Waals surface area contributed by atoms with Crippen LogP contribution in [0.2, 0.25) is 5.02 Å². The molecule has 0 unspecified atom stereocenters. The van der Waals surface area contributed by atoms with Crippen molar-refractivity contribution in [1.29, 1.82) is 0 Å². The molecule has 2 fully saturated rings. The van der Waals surface area contributed by atoms with Crippen molar-refractivity contribution >= 4 is 29.2 Å². The fourth-order valence-electron chi connectivity index (χ4n) is 4.10. The van der Waals surface area contributed by atoms with Crippen molar-refractivity contribution in [3.05, 3.63) is 29.3 Å². The van der Waals surface area contributed by atoms with Gasteiger partial charge in [-0.2, -0.15) is 0 Å². The SMILES string of the molecule is CN1CCC(C2CCN(C(=O)CNC(=O)Nc3ccc(Cl)cc3)CC2)CC1. The lowest BCUT2D eigenvalue weighted by atomic mass is 9.79. The highest BCUT2D eigenvalue weighted by Crippen LogP contribution is 2.32. The first-order chi connectivity index (χ1) is 13.0. The number of anilines is 1. The van der Waals surface area contributed by atoms with Crippen LogP contribution in [0.25, 0.3) is 0 Å². The zero-order valence-corrected chi connectivity index (χ0v) is 16.7. The molecule has 27 heavy (non-hydrogen) atoms. The second kappa shape index (κ2) is 9.42. The fourth-order valence-corrected chi connectivity index (χ4v) is 4.22. The first-order valence-electron chi connectivity index (χ1n) is 9.78. The molecule has 2 saturated heterocycles. The lowest BCUT2D eigenvalue weighted by Gasteiger charge is -2.39. The van der Waals surface area contributed by atoms with Crippen molar-refractivity contribution < 1.29 is 9.59 Å². The Labute approximate surface area is 166 Å². The summed E-state index contributed by atoms with van der Waals surface area (Å²) >= 11 is 5.82. The van der Waals surface area contributed by atoms with Crippen LogP contribution in [0.4, 0.5) is 10.5 Å². The molecule has 148 valence electrons. The van der Waals surface area contributed by atoms with E-state index in [4.69, 9.17) is 11.6 Å². The highest BCUT2D eigenvalue weighted by molar-refractivity contribution is 6.30. The molecule has 2 aliphatic heterocycles. The number of benzene rings is 1. The number of carbonyl (C=O) groups excluding carboxylic acids is 2. The van der Waals surface area contributed by atoms with Crippen LogP contribution >= 0.6 is 11.6 Å². The number of amides is 3. The summed E-state index contributed by atoms with van der Waals surface area (Å²) in [6.07, 6.45) is 4.72. The van der Waals surface area contributed by atoms with E-state index >= 15 is 0 Å². The average molecular weight is 393 g/mol. The standard InChI is InChI=1S/C20H29ClN4O2/c1-24-10-6-15(7-11-24)16-8-12-25(13-9-16)19(26)14-22-20(27)23-18-4-2-17(21)3-5-18/h2-5,15-16H,6-14H2,1H3,(H2,22,23,27). The molecular weight excluding hydrogens is 364 g/mol. The maximum atomic E-state index is 12.4. The van der Waals surface area contributed by atoms with E-state index in [2.05, 4.69) is 22.6 Å². The van der Waals surface area contributed by atoms with E-state index in [1.807, 2.05) is 4.90 Å². The quantitative estimate of drug-likeness (QED) is 0.827. The van der Waals surface area contributed by atoms with Crippen molar-refractivity contribution in [2.24, 2.45) is 11.8 Å². The number of rotatable bonds is 4. The molecular formula is C20H29ClN4O2. The minimum atomic E-state index is -0.383. The maximum absolute atomic E-state index is 12.4. The Morgan fingerprint density at radius 3 is 2.15 bits per heavy atom. The van der Waals surface area contributed by atoms with E-state index < -0.39 is 0 Å². The van der Waals surface area contributed by atoms with E-state index in [9.17, 15) is 9.59 Å². The van der Waals surface area contributed by atoms with Gasteiger partial charge in [-0.05, 0) is 81.9 Å². The summed E-state index contributed by atoms with van der Waals surface area (Å²) in [7, 11) is 2.19. The van der Waals surface area contributed by atoms with Gasteiger partial charge in [-0.3, -0.25) is 4.79 Å². The third-order valence-corrected chi connectivity index (χ3v) is 6.08. The first-order valence-corrected chi connectivity index (χ1v) is 10.2. The van der Waals surface area contributed by atoms with Crippen molar-refractivity contribution in [2.45, 2.75) is 25.7 Å². The van der Waals surface area contributed by atoms with Gasteiger partial charge in [-0.1, -0.05) is 11.6 Å². The van der Waals surface area contributed by atoms with E-state index in [0.717, 1.165) is 37.8 Å². The van der Waals surface area contributed by atoms with Crippen LogP contribution in [-0.2, 0) is 4.79 Å². The summed E-state index contributed by atoms with van der Waals surface area (Å²) in [6, 6.07) is 6.47. The number of hydrogen-bond acceptors (Lipinski definition) is 3. The van der Waals surface area contributed by atoms with E-state index in [0.29, 0.717) is 10.7 Å². The lowest BCUT2D eigenvalue weighted by Crippen LogP contribution is -2.46. The maximum Gasteiger partial charge on any atom is 0.319 e. The molecule has 0 atom stereocenters. The fraction of sp³-hybridized carbons (Fsp3) is 0.600. The lowest BCUT2D eigenvalue weighted by molar-refractivity contribution is -0.131. The summed E-state index contributed by atoms with van der Waals surface area (Å²) in [5, 5.41) is 5.95. The zero-order chi connectivity index (χ0) is 19.2. The summed E-state index contributed by atoms with van der Waals surface area (Å²) in [5.74, 6) is 1.54. The van der Waals surface area contributed by atoms with Crippen LogP contribution in [0.3, 0.4) is 0 Å². The second-order valence-electron chi connectivity index (χ2n) is 7.67. The number of hydrogen-bond donors (Lipinski definition) is 2.